The lowest BCUT2D eigenvalue weighted by atomic mass is 10.3. The molecular weight excluding hydrogens is 368 g/mol. The Labute approximate surface area is 120 Å². The highest BCUT2D eigenvalue weighted by atomic mass is 79.9. The summed E-state index contributed by atoms with van der Waals surface area (Å²) < 4.78 is 1.72. The van der Waals surface area contributed by atoms with Gasteiger partial charge in [-0.1, -0.05) is 0 Å². The molecule has 2 aromatic rings. The summed E-state index contributed by atoms with van der Waals surface area (Å²) in [6, 6.07) is 5.44. The molecule has 0 saturated carbocycles. The number of carbonyl (C=O) groups excluding carboxylic acids is 1. The van der Waals surface area contributed by atoms with Gasteiger partial charge in [0.05, 0.1) is 20.5 Å². The van der Waals surface area contributed by atoms with Gasteiger partial charge in [-0.15, -0.1) is 11.3 Å². The fourth-order valence-corrected chi connectivity index (χ4v) is 2.88. The summed E-state index contributed by atoms with van der Waals surface area (Å²) in [5.74, 6) is -0.118. The van der Waals surface area contributed by atoms with E-state index < -0.39 is 0 Å². The molecule has 0 aliphatic heterocycles. The van der Waals surface area contributed by atoms with Crippen LogP contribution in [0, 0.1) is 6.92 Å². The number of halogens is 2. The van der Waals surface area contributed by atoms with Crippen LogP contribution in [0.25, 0.3) is 0 Å². The van der Waals surface area contributed by atoms with Crippen LogP contribution in [0.5, 0.6) is 0 Å². The normalized spacial score (nSPS) is 10.3. The summed E-state index contributed by atoms with van der Waals surface area (Å²) in [6.45, 7) is 1.96. The zero-order chi connectivity index (χ0) is 12.4. The number of hydrogen-bond donors (Lipinski definition) is 1. The molecule has 0 aromatic carbocycles. The van der Waals surface area contributed by atoms with E-state index in [1.165, 1.54) is 11.3 Å². The van der Waals surface area contributed by atoms with Gasteiger partial charge in [0.25, 0.3) is 5.91 Å². The zero-order valence-electron chi connectivity index (χ0n) is 8.83. The first-order chi connectivity index (χ1) is 8.06. The Kier molecular flexibility index (Phi) is 3.96. The van der Waals surface area contributed by atoms with Crippen molar-refractivity contribution in [2.75, 3.05) is 5.32 Å². The van der Waals surface area contributed by atoms with Crippen molar-refractivity contribution >= 4 is 54.8 Å². The quantitative estimate of drug-likeness (QED) is 0.798. The van der Waals surface area contributed by atoms with Gasteiger partial charge in [0.2, 0.25) is 0 Å². The minimum atomic E-state index is -0.118. The lowest BCUT2D eigenvalue weighted by molar-refractivity contribution is 0.103. The van der Waals surface area contributed by atoms with Crippen molar-refractivity contribution in [3.63, 3.8) is 0 Å². The Morgan fingerprint density at radius 1 is 1.41 bits per heavy atom. The molecule has 1 amide bonds. The molecule has 2 aromatic heterocycles. The maximum absolute atomic E-state index is 11.9. The van der Waals surface area contributed by atoms with E-state index in [4.69, 9.17) is 0 Å². The van der Waals surface area contributed by atoms with Crippen molar-refractivity contribution in [1.82, 2.24) is 4.98 Å². The van der Waals surface area contributed by atoms with E-state index >= 15 is 0 Å². The Morgan fingerprint density at radius 3 is 2.71 bits per heavy atom. The molecule has 0 fully saturated rings. The molecule has 2 heterocycles. The van der Waals surface area contributed by atoms with E-state index in [1.54, 1.807) is 18.3 Å². The highest BCUT2D eigenvalue weighted by Crippen LogP contribution is 2.27. The number of pyridine rings is 1. The zero-order valence-corrected chi connectivity index (χ0v) is 12.8. The van der Waals surface area contributed by atoms with Crippen molar-refractivity contribution < 1.29 is 4.79 Å². The predicted octanol–water partition coefficient (Wildman–Crippen LogP) is 4.23. The molecule has 17 heavy (non-hydrogen) atoms. The van der Waals surface area contributed by atoms with Gasteiger partial charge in [-0.2, -0.15) is 0 Å². The van der Waals surface area contributed by atoms with Crippen LogP contribution in [0.2, 0.25) is 0 Å². The van der Waals surface area contributed by atoms with Gasteiger partial charge in [0.15, 0.2) is 0 Å². The van der Waals surface area contributed by atoms with E-state index in [0.29, 0.717) is 10.6 Å². The number of thiophene rings is 1. The summed E-state index contributed by atoms with van der Waals surface area (Å²) in [5, 5.41) is 2.79. The number of amides is 1. The van der Waals surface area contributed by atoms with Gasteiger partial charge < -0.3 is 5.32 Å². The smallest absolute Gasteiger partial charge is 0.265 e. The monoisotopic (exact) mass is 374 g/mol. The van der Waals surface area contributed by atoms with E-state index in [1.807, 2.05) is 13.0 Å². The summed E-state index contributed by atoms with van der Waals surface area (Å²) in [6.07, 6.45) is 1.61. The minimum Gasteiger partial charge on any atom is -0.320 e. The largest absolute Gasteiger partial charge is 0.320 e. The third-order valence-electron chi connectivity index (χ3n) is 2.07. The number of carbonyl (C=O) groups is 1. The predicted molar refractivity (Wildman–Crippen MR) is 76.6 cm³/mol. The number of anilines is 1. The van der Waals surface area contributed by atoms with Crippen molar-refractivity contribution in [3.8, 4) is 0 Å². The molecular formula is C11H8Br2N2OS. The molecule has 3 nitrogen and oxygen atoms in total. The van der Waals surface area contributed by atoms with E-state index in [2.05, 4.69) is 42.2 Å². The molecule has 0 bridgehead atoms. The second kappa shape index (κ2) is 5.29. The highest BCUT2D eigenvalue weighted by Gasteiger charge is 2.11. The lowest BCUT2D eigenvalue weighted by Gasteiger charge is -2.02. The van der Waals surface area contributed by atoms with Crippen LogP contribution in [0.1, 0.15) is 15.2 Å². The number of nitrogens with one attached hydrogen (secondary N) is 1. The fourth-order valence-electron chi connectivity index (χ4n) is 1.21. The molecule has 2 rings (SSSR count). The Morgan fingerprint density at radius 2 is 2.18 bits per heavy atom. The summed E-state index contributed by atoms with van der Waals surface area (Å²) in [4.78, 5) is 16.6. The standard InChI is InChI=1S/C11H8Br2N2OS/c1-6-4-8(17-10(6)13)11(16)15-7-2-3-9(12)14-5-7/h2-5H,1H3,(H,15,16). The summed E-state index contributed by atoms with van der Waals surface area (Å²) in [5.41, 5.74) is 1.74. The van der Waals surface area contributed by atoms with Crippen LogP contribution in [-0.2, 0) is 0 Å². The van der Waals surface area contributed by atoms with Crippen molar-refractivity contribution in [3.05, 3.63) is 43.2 Å². The molecule has 0 aliphatic rings. The van der Waals surface area contributed by atoms with Gasteiger partial charge in [0, 0.05) is 0 Å². The summed E-state index contributed by atoms with van der Waals surface area (Å²) in [7, 11) is 0. The van der Waals surface area contributed by atoms with Crippen molar-refractivity contribution in [1.29, 1.82) is 0 Å². The van der Waals surface area contributed by atoms with Gasteiger partial charge in [0.1, 0.15) is 4.60 Å². The molecule has 6 heteroatoms. The van der Waals surface area contributed by atoms with E-state index in [0.717, 1.165) is 14.0 Å². The van der Waals surface area contributed by atoms with Gasteiger partial charge in [-0.05, 0) is 62.5 Å². The minimum absolute atomic E-state index is 0.118. The number of nitrogens with zero attached hydrogens (tertiary/aromatic N) is 1. The average Bonchev–Trinajstić information content (AvgIpc) is 2.63. The van der Waals surface area contributed by atoms with Gasteiger partial charge in [-0.25, -0.2) is 4.98 Å². The Bertz CT molecular complexity index is 532. The maximum atomic E-state index is 11.9. The van der Waals surface area contributed by atoms with Crippen LogP contribution in [0.4, 0.5) is 5.69 Å². The van der Waals surface area contributed by atoms with Crippen LogP contribution < -0.4 is 5.32 Å². The summed E-state index contributed by atoms with van der Waals surface area (Å²) >= 11 is 8.06. The highest BCUT2D eigenvalue weighted by molar-refractivity contribution is 9.11. The SMILES string of the molecule is Cc1cc(C(=O)Nc2ccc(Br)nc2)sc1Br. The van der Waals surface area contributed by atoms with Crippen LogP contribution >= 0.6 is 43.2 Å². The molecule has 0 saturated heterocycles. The molecule has 0 unspecified atom stereocenters. The molecule has 88 valence electrons. The van der Waals surface area contributed by atoms with Crippen LogP contribution in [0.3, 0.4) is 0 Å². The topological polar surface area (TPSA) is 42.0 Å². The number of hydrogen-bond acceptors (Lipinski definition) is 3. The molecule has 1 N–H and O–H groups in total. The Hall–Kier alpha value is -0.720. The third kappa shape index (κ3) is 3.14. The van der Waals surface area contributed by atoms with Crippen molar-refractivity contribution in [2.24, 2.45) is 0 Å². The molecule has 0 atom stereocenters. The first-order valence-electron chi connectivity index (χ1n) is 4.75. The average molecular weight is 376 g/mol. The molecule has 0 radical (unpaired) electrons. The second-order valence-corrected chi connectivity index (χ2v) is 6.57. The van der Waals surface area contributed by atoms with Crippen LogP contribution in [-0.4, -0.2) is 10.9 Å². The first-order valence-corrected chi connectivity index (χ1v) is 7.15. The number of aromatic nitrogens is 1. The first kappa shape index (κ1) is 12.7. The lowest BCUT2D eigenvalue weighted by Crippen LogP contribution is -2.10. The number of rotatable bonds is 2. The van der Waals surface area contributed by atoms with E-state index in [9.17, 15) is 4.79 Å². The number of aryl methyl sites for hydroxylation is 1. The Balaban J connectivity index is 2.14. The third-order valence-corrected chi connectivity index (χ3v) is 4.67. The van der Waals surface area contributed by atoms with Gasteiger partial charge >= 0.3 is 0 Å². The maximum Gasteiger partial charge on any atom is 0.265 e. The van der Waals surface area contributed by atoms with Gasteiger partial charge in [-0.3, -0.25) is 4.79 Å². The van der Waals surface area contributed by atoms with Crippen LogP contribution in [0.15, 0.2) is 32.8 Å². The second-order valence-electron chi connectivity index (χ2n) is 3.39. The molecule has 0 aliphatic carbocycles. The fraction of sp³-hybridized carbons (Fsp3) is 0.0909. The van der Waals surface area contributed by atoms with Crippen molar-refractivity contribution in [2.45, 2.75) is 6.92 Å². The van der Waals surface area contributed by atoms with E-state index in [-0.39, 0.29) is 5.91 Å². The molecule has 0 spiro atoms.